The van der Waals surface area contributed by atoms with Crippen LogP contribution in [0.15, 0.2) is 23.4 Å². The minimum Gasteiger partial charge on any atom is -0.495 e. The van der Waals surface area contributed by atoms with Gasteiger partial charge in [-0.05, 0) is 12.8 Å². The Hall–Kier alpha value is -1.67. The van der Waals surface area contributed by atoms with Gasteiger partial charge in [0.1, 0.15) is 10.6 Å². The van der Waals surface area contributed by atoms with Crippen LogP contribution >= 0.6 is 0 Å². The van der Waals surface area contributed by atoms with Crippen LogP contribution in [0.2, 0.25) is 0 Å². The van der Waals surface area contributed by atoms with Gasteiger partial charge in [0.15, 0.2) is 0 Å². The predicted octanol–water partition coefficient (Wildman–Crippen LogP) is 0.575. The summed E-state index contributed by atoms with van der Waals surface area (Å²) in [5.74, 6) is -0.971. The average Bonchev–Trinajstić information content (AvgIpc) is 2.47. The van der Waals surface area contributed by atoms with Crippen LogP contribution in [0.4, 0.5) is 0 Å². The van der Waals surface area contributed by atoms with Crippen molar-refractivity contribution in [2.45, 2.75) is 17.7 Å². The zero-order chi connectivity index (χ0) is 14.8. The van der Waals surface area contributed by atoms with Gasteiger partial charge >= 0.3 is 5.97 Å². The molecule has 1 aromatic heterocycles. The third-order valence-corrected chi connectivity index (χ3v) is 5.23. The molecule has 0 spiro atoms. The topological polar surface area (TPSA) is 96.8 Å². The zero-order valence-electron chi connectivity index (χ0n) is 11.0. The van der Waals surface area contributed by atoms with E-state index in [-0.39, 0.29) is 18.0 Å². The first-order valence-corrected chi connectivity index (χ1v) is 7.61. The van der Waals surface area contributed by atoms with E-state index in [4.69, 9.17) is 9.84 Å². The van der Waals surface area contributed by atoms with Crippen molar-refractivity contribution >= 4 is 16.0 Å². The molecule has 1 aliphatic rings. The monoisotopic (exact) mass is 300 g/mol. The number of nitrogens with zero attached hydrogens (tertiary/aromatic N) is 2. The van der Waals surface area contributed by atoms with E-state index in [1.165, 1.54) is 29.9 Å². The number of pyridine rings is 1. The van der Waals surface area contributed by atoms with E-state index in [9.17, 15) is 13.2 Å². The molecule has 20 heavy (non-hydrogen) atoms. The van der Waals surface area contributed by atoms with Crippen molar-refractivity contribution in [3.63, 3.8) is 0 Å². The van der Waals surface area contributed by atoms with Gasteiger partial charge in [0.25, 0.3) is 0 Å². The number of ether oxygens (including phenoxy) is 1. The molecule has 0 saturated carbocycles. The van der Waals surface area contributed by atoms with E-state index < -0.39 is 21.9 Å². The molecule has 0 unspecified atom stereocenters. The van der Waals surface area contributed by atoms with Gasteiger partial charge in [-0.1, -0.05) is 0 Å². The molecule has 2 rings (SSSR count). The predicted molar refractivity (Wildman–Crippen MR) is 69.9 cm³/mol. The number of hydrogen-bond donors (Lipinski definition) is 1. The van der Waals surface area contributed by atoms with Gasteiger partial charge in [-0.2, -0.15) is 4.31 Å². The molecule has 0 radical (unpaired) electrons. The minimum absolute atomic E-state index is 0.0608. The second-order valence-corrected chi connectivity index (χ2v) is 6.52. The normalized spacial score (nSPS) is 17.9. The van der Waals surface area contributed by atoms with Gasteiger partial charge in [0.05, 0.1) is 19.2 Å². The van der Waals surface area contributed by atoms with Crippen LogP contribution in [0, 0.1) is 5.92 Å². The third-order valence-electron chi connectivity index (χ3n) is 3.36. The molecule has 1 fully saturated rings. The lowest BCUT2D eigenvalue weighted by atomic mass is 9.99. The SMILES string of the molecule is COc1cncc(S(=O)(=O)N2CCC(C(=O)O)CC2)c1. The number of carboxylic acid groups (broad SMARTS) is 1. The third kappa shape index (κ3) is 2.91. The summed E-state index contributed by atoms with van der Waals surface area (Å²) >= 11 is 0. The molecule has 0 bridgehead atoms. The summed E-state index contributed by atoms with van der Waals surface area (Å²) < 4.78 is 31.1. The van der Waals surface area contributed by atoms with Crippen LogP contribution in [-0.2, 0) is 14.8 Å². The summed E-state index contributed by atoms with van der Waals surface area (Å²) in [6.07, 6.45) is 3.34. The zero-order valence-corrected chi connectivity index (χ0v) is 11.8. The molecule has 8 heteroatoms. The van der Waals surface area contributed by atoms with E-state index >= 15 is 0 Å². The van der Waals surface area contributed by atoms with E-state index in [1.807, 2.05) is 0 Å². The Balaban J connectivity index is 2.17. The van der Waals surface area contributed by atoms with Crippen molar-refractivity contribution in [3.8, 4) is 5.75 Å². The molecule has 1 N–H and O–H groups in total. The van der Waals surface area contributed by atoms with Crippen LogP contribution in [0.3, 0.4) is 0 Å². The molecule has 0 atom stereocenters. The molecule has 1 aliphatic heterocycles. The van der Waals surface area contributed by atoms with Crippen molar-refractivity contribution in [2.75, 3.05) is 20.2 Å². The summed E-state index contributed by atoms with van der Waals surface area (Å²) in [4.78, 5) is 14.8. The highest BCUT2D eigenvalue weighted by atomic mass is 32.2. The molecule has 0 aromatic carbocycles. The fourth-order valence-corrected chi connectivity index (χ4v) is 3.59. The quantitative estimate of drug-likeness (QED) is 0.873. The Bertz CT molecular complexity index is 594. The number of piperidine rings is 1. The Morgan fingerprint density at radius 2 is 2.05 bits per heavy atom. The van der Waals surface area contributed by atoms with E-state index in [1.54, 1.807) is 0 Å². The standard InChI is InChI=1S/C12H16N2O5S/c1-19-10-6-11(8-13-7-10)20(17,18)14-4-2-9(3-5-14)12(15)16/h6-9H,2-5H2,1H3,(H,15,16). The molecule has 2 heterocycles. The van der Waals surface area contributed by atoms with Crippen molar-refractivity contribution in [3.05, 3.63) is 18.5 Å². The number of hydrogen-bond acceptors (Lipinski definition) is 5. The van der Waals surface area contributed by atoms with Crippen LogP contribution in [0.5, 0.6) is 5.75 Å². The number of rotatable bonds is 4. The van der Waals surface area contributed by atoms with E-state index in [0.717, 1.165) is 0 Å². The van der Waals surface area contributed by atoms with E-state index in [2.05, 4.69) is 4.98 Å². The highest BCUT2D eigenvalue weighted by Gasteiger charge is 2.32. The Kier molecular flexibility index (Phi) is 4.24. The molecular weight excluding hydrogens is 284 g/mol. The largest absolute Gasteiger partial charge is 0.495 e. The van der Waals surface area contributed by atoms with Crippen LogP contribution in [0.25, 0.3) is 0 Å². The summed E-state index contributed by atoms with van der Waals surface area (Å²) in [5.41, 5.74) is 0. The lowest BCUT2D eigenvalue weighted by Gasteiger charge is -2.29. The maximum absolute atomic E-state index is 12.4. The fourth-order valence-electron chi connectivity index (χ4n) is 2.14. The van der Waals surface area contributed by atoms with Crippen molar-refractivity contribution < 1.29 is 23.1 Å². The van der Waals surface area contributed by atoms with Gasteiger partial charge in [-0.15, -0.1) is 0 Å². The summed E-state index contributed by atoms with van der Waals surface area (Å²) in [6, 6.07) is 1.41. The maximum Gasteiger partial charge on any atom is 0.306 e. The second kappa shape index (κ2) is 5.76. The number of methoxy groups -OCH3 is 1. The van der Waals surface area contributed by atoms with Crippen molar-refractivity contribution in [1.29, 1.82) is 0 Å². The number of sulfonamides is 1. The van der Waals surface area contributed by atoms with Crippen LogP contribution in [-0.4, -0.2) is 49.0 Å². The Labute approximate surface area is 117 Å². The van der Waals surface area contributed by atoms with E-state index in [0.29, 0.717) is 18.6 Å². The van der Waals surface area contributed by atoms with Gasteiger partial charge in [-0.25, -0.2) is 8.42 Å². The first-order chi connectivity index (χ1) is 9.45. The Morgan fingerprint density at radius 3 is 2.60 bits per heavy atom. The van der Waals surface area contributed by atoms with Gasteiger partial charge < -0.3 is 9.84 Å². The van der Waals surface area contributed by atoms with Gasteiger partial charge in [0.2, 0.25) is 10.0 Å². The van der Waals surface area contributed by atoms with Crippen molar-refractivity contribution in [2.24, 2.45) is 5.92 Å². The molecule has 0 aliphatic carbocycles. The molecule has 1 saturated heterocycles. The highest BCUT2D eigenvalue weighted by molar-refractivity contribution is 7.89. The lowest BCUT2D eigenvalue weighted by molar-refractivity contribution is -0.142. The second-order valence-electron chi connectivity index (χ2n) is 4.58. The fraction of sp³-hybridized carbons (Fsp3) is 0.500. The maximum atomic E-state index is 12.4. The molecule has 7 nitrogen and oxygen atoms in total. The summed E-state index contributed by atoms with van der Waals surface area (Å²) in [5, 5.41) is 8.92. The number of carboxylic acids is 1. The number of aromatic nitrogens is 1. The average molecular weight is 300 g/mol. The first kappa shape index (κ1) is 14.7. The smallest absolute Gasteiger partial charge is 0.306 e. The minimum atomic E-state index is -3.65. The van der Waals surface area contributed by atoms with Crippen LogP contribution < -0.4 is 4.74 Å². The molecular formula is C12H16N2O5S. The van der Waals surface area contributed by atoms with Crippen LogP contribution in [0.1, 0.15) is 12.8 Å². The number of carbonyl (C=O) groups is 1. The first-order valence-electron chi connectivity index (χ1n) is 6.17. The number of aliphatic carboxylic acids is 1. The summed E-state index contributed by atoms with van der Waals surface area (Å²) in [6.45, 7) is 0.410. The lowest BCUT2D eigenvalue weighted by Crippen LogP contribution is -2.40. The molecule has 0 amide bonds. The van der Waals surface area contributed by atoms with Crippen molar-refractivity contribution in [1.82, 2.24) is 9.29 Å². The van der Waals surface area contributed by atoms with Gasteiger partial charge in [0, 0.05) is 25.4 Å². The van der Waals surface area contributed by atoms with Gasteiger partial charge in [-0.3, -0.25) is 9.78 Å². The molecule has 110 valence electrons. The Morgan fingerprint density at radius 1 is 1.40 bits per heavy atom. The molecule has 1 aromatic rings. The highest BCUT2D eigenvalue weighted by Crippen LogP contribution is 2.25. The summed E-state index contributed by atoms with van der Waals surface area (Å²) in [7, 11) is -2.21.